The first kappa shape index (κ1) is 13.7. The van der Waals surface area contributed by atoms with E-state index in [0.717, 1.165) is 42.0 Å². The molecule has 0 atom stereocenters. The lowest BCUT2D eigenvalue weighted by atomic mass is 9.98. The van der Waals surface area contributed by atoms with E-state index in [2.05, 4.69) is 20.9 Å². The first-order valence-electron chi connectivity index (χ1n) is 7.64. The Morgan fingerprint density at radius 3 is 2.57 bits per heavy atom. The van der Waals surface area contributed by atoms with Crippen molar-refractivity contribution in [2.75, 3.05) is 6.54 Å². The Balaban J connectivity index is 1.92. The van der Waals surface area contributed by atoms with Crippen LogP contribution in [0.3, 0.4) is 0 Å². The summed E-state index contributed by atoms with van der Waals surface area (Å²) in [7, 11) is 0. The molecule has 0 radical (unpaired) electrons. The van der Waals surface area contributed by atoms with Gasteiger partial charge < -0.3 is 5.32 Å². The number of fused-ring (bicyclic) bond motifs is 1. The first-order chi connectivity index (χ1) is 11.4. The summed E-state index contributed by atoms with van der Waals surface area (Å²) in [4.78, 5) is 4.13. The van der Waals surface area contributed by atoms with E-state index in [0.29, 0.717) is 0 Å². The number of nitrogens with one attached hydrogen (secondary N) is 1. The second-order valence-corrected chi connectivity index (χ2v) is 5.53. The van der Waals surface area contributed by atoms with Crippen molar-refractivity contribution in [1.82, 2.24) is 20.1 Å². The predicted octanol–water partition coefficient (Wildman–Crippen LogP) is 2.70. The maximum absolute atomic E-state index is 5.45. The average Bonchev–Trinajstić information content (AvgIpc) is 3.02. The summed E-state index contributed by atoms with van der Waals surface area (Å²) < 4.78 is 2.11. The molecule has 3 aromatic rings. The molecule has 4 heteroatoms. The summed E-state index contributed by atoms with van der Waals surface area (Å²) in [5, 5.41) is 8.29. The quantitative estimate of drug-likeness (QED) is 0.740. The molecule has 0 aliphatic carbocycles. The van der Waals surface area contributed by atoms with E-state index < -0.39 is 0 Å². The molecule has 1 aliphatic rings. The molecule has 2 aromatic heterocycles. The van der Waals surface area contributed by atoms with Gasteiger partial charge in [-0.25, -0.2) is 0 Å². The topological polar surface area (TPSA) is 42.7 Å². The van der Waals surface area contributed by atoms with Crippen LogP contribution in [0, 0.1) is 12.3 Å². The number of nitrogens with zero attached hydrogens (tertiary/aromatic N) is 3. The molecular weight excluding hydrogens is 284 g/mol. The van der Waals surface area contributed by atoms with E-state index >= 15 is 0 Å². The third-order valence-corrected chi connectivity index (χ3v) is 4.14. The van der Waals surface area contributed by atoms with Crippen LogP contribution in [-0.4, -0.2) is 21.3 Å². The van der Waals surface area contributed by atoms with Crippen LogP contribution in [-0.2, 0) is 13.1 Å². The van der Waals surface area contributed by atoms with Gasteiger partial charge in [0.2, 0.25) is 0 Å². The molecule has 0 bridgehead atoms. The Hall–Kier alpha value is -2.90. The Morgan fingerprint density at radius 2 is 1.83 bits per heavy atom. The number of terminal acetylenes is 1. The van der Waals surface area contributed by atoms with E-state index in [1.807, 2.05) is 48.8 Å². The summed E-state index contributed by atoms with van der Waals surface area (Å²) >= 11 is 0. The smallest absolute Gasteiger partial charge is 0.100 e. The Kier molecular flexibility index (Phi) is 3.41. The Labute approximate surface area is 135 Å². The highest BCUT2D eigenvalue weighted by atomic mass is 15.3. The van der Waals surface area contributed by atoms with Crippen molar-refractivity contribution in [2.24, 2.45) is 0 Å². The van der Waals surface area contributed by atoms with Gasteiger partial charge in [0.25, 0.3) is 0 Å². The van der Waals surface area contributed by atoms with Gasteiger partial charge in [-0.2, -0.15) is 5.10 Å². The van der Waals surface area contributed by atoms with Crippen molar-refractivity contribution in [2.45, 2.75) is 13.1 Å². The molecule has 3 heterocycles. The largest absolute Gasteiger partial charge is 0.309 e. The van der Waals surface area contributed by atoms with E-state index in [9.17, 15) is 0 Å². The van der Waals surface area contributed by atoms with E-state index in [-0.39, 0.29) is 0 Å². The zero-order chi connectivity index (χ0) is 15.6. The number of hydrogen-bond acceptors (Lipinski definition) is 3. The van der Waals surface area contributed by atoms with Crippen LogP contribution >= 0.6 is 0 Å². The van der Waals surface area contributed by atoms with Gasteiger partial charge in [0.1, 0.15) is 5.69 Å². The number of aromatic nitrogens is 3. The van der Waals surface area contributed by atoms with E-state index in [1.165, 1.54) is 11.3 Å². The maximum Gasteiger partial charge on any atom is 0.100 e. The standard InChI is InChI=1S/C19H16N4/c1-2-14-3-5-16(6-4-14)19-18(15-7-9-20-10-8-15)17-13-21-11-12-23(17)22-19/h1,3-10,21H,11-13H2. The van der Waals surface area contributed by atoms with Gasteiger partial charge in [-0.1, -0.05) is 18.1 Å². The van der Waals surface area contributed by atoms with Gasteiger partial charge in [-0.15, -0.1) is 6.42 Å². The second kappa shape index (κ2) is 5.71. The lowest BCUT2D eigenvalue weighted by molar-refractivity contribution is 0.477. The normalized spacial score (nSPS) is 13.3. The molecule has 23 heavy (non-hydrogen) atoms. The number of rotatable bonds is 2. The van der Waals surface area contributed by atoms with E-state index in [1.54, 1.807) is 0 Å². The molecule has 112 valence electrons. The molecule has 1 N–H and O–H groups in total. The average molecular weight is 300 g/mol. The first-order valence-corrected chi connectivity index (χ1v) is 7.64. The minimum Gasteiger partial charge on any atom is -0.309 e. The third kappa shape index (κ3) is 2.41. The molecule has 0 saturated carbocycles. The van der Waals surface area contributed by atoms with Crippen molar-refractivity contribution in [3.8, 4) is 34.7 Å². The molecule has 0 spiro atoms. The van der Waals surface area contributed by atoms with Crippen molar-refractivity contribution in [3.05, 3.63) is 60.0 Å². The van der Waals surface area contributed by atoms with Gasteiger partial charge in [0.15, 0.2) is 0 Å². The van der Waals surface area contributed by atoms with E-state index in [4.69, 9.17) is 11.5 Å². The van der Waals surface area contributed by atoms with Crippen LogP contribution in [0.15, 0.2) is 48.8 Å². The Bertz CT molecular complexity index is 870. The van der Waals surface area contributed by atoms with Gasteiger partial charge in [-0.05, 0) is 29.8 Å². The number of hydrogen-bond donors (Lipinski definition) is 1. The highest BCUT2D eigenvalue weighted by molar-refractivity contribution is 5.83. The van der Waals surface area contributed by atoms with Crippen LogP contribution < -0.4 is 5.32 Å². The van der Waals surface area contributed by atoms with Gasteiger partial charge >= 0.3 is 0 Å². The van der Waals surface area contributed by atoms with Crippen LogP contribution in [0.2, 0.25) is 0 Å². The highest BCUT2D eigenvalue weighted by Gasteiger charge is 2.22. The molecule has 1 aliphatic heterocycles. The highest BCUT2D eigenvalue weighted by Crippen LogP contribution is 2.35. The third-order valence-electron chi connectivity index (χ3n) is 4.14. The predicted molar refractivity (Wildman–Crippen MR) is 90.5 cm³/mol. The van der Waals surface area contributed by atoms with Crippen molar-refractivity contribution < 1.29 is 0 Å². The maximum atomic E-state index is 5.45. The number of pyridine rings is 1. The SMILES string of the molecule is C#Cc1ccc(-c2nn3c(c2-c2ccncc2)CNCC3)cc1. The lowest BCUT2D eigenvalue weighted by Gasteiger charge is -2.16. The van der Waals surface area contributed by atoms with Gasteiger partial charge in [0, 0.05) is 42.2 Å². The molecule has 0 saturated heterocycles. The monoisotopic (exact) mass is 300 g/mol. The summed E-state index contributed by atoms with van der Waals surface area (Å²) in [6, 6.07) is 12.1. The summed E-state index contributed by atoms with van der Waals surface area (Å²) in [5.41, 5.74) is 6.49. The number of benzene rings is 1. The molecule has 0 amide bonds. The molecule has 0 unspecified atom stereocenters. The second-order valence-electron chi connectivity index (χ2n) is 5.53. The van der Waals surface area contributed by atoms with Crippen LogP contribution in [0.25, 0.3) is 22.4 Å². The zero-order valence-corrected chi connectivity index (χ0v) is 12.7. The fraction of sp³-hybridized carbons (Fsp3) is 0.158. The lowest BCUT2D eigenvalue weighted by Crippen LogP contribution is -2.28. The Morgan fingerprint density at radius 1 is 1.04 bits per heavy atom. The van der Waals surface area contributed by atoms with Crippen molar-refractivity contribution >= 4 is 0 Å². The minimum absolute atomic E-state index is 0.826. The van der Waals surface area contributed by atoms with Crippen LogP contribution in [0.4, 0.5) is 0 Å². The van der Waals surface area contributed by atoms with Gasteiger partial charge in [0.05, 0.1) is 12.2 Å². The van der Waals surface area contributed by atoms with Gasteiger partial charge in [-0.3, -0.25) is 9.67 Å². The zero-order valence-electron chi connectivity index (χ0n) is 12.7. The minimum atomic E-state index is 0.826. The van der Waals surface area contributed by atoms with Crippen LogP contribution in [0.5, 0.6) is 0 Å². The molecular formula is C19H16N4. The summed E-state index contributed by atoms with van der Waals surface area (Å²) in [6.07, 6.45) is 9.09. The van der Waals surface area contributed by atoms with Crippen molar-refractivity contribution in [1.29, 1.82) is 0 Å². The molecule has 4 rings (SSSR count). The molecule has 0 fully saturated rings. The fourth-order valence-electron chi connectivity index (χ4n) is 3.00. The fourth-order valence-corrected chi connectivity index (χ4v) is 3.00. The van der Waals surface area contributed by atoms with Crippen LogP contribution in [0.1, 0.15) is 11.3 Å². The molecule has 4 nitrogen and oxygen atoms in total. The van der Waals surface area contributed by atoms with Crippen molar-refractivity contribution in [3.63, 3.8) is 0 Å². The molecule has 1 aromatic carbocycles. The summed E-state index contributed by atoms with van der Waals surface area (Å²) in [6.45, 7) is 2.66. The summed E-state index contributed by atoms with van der Waals surface area (Å²) in [5.74, 6) is 2.66.